The fourth-order valence-corrected chi connectivity index (χ4v) is 2.23. The van der Waals surface area contributed by atoms with Crippen molar-refractivity contribution in [2.75, 3.05) is 5.43 Å². The molecule has 102 valence electrons. The van der Waals surface area contributed by atoms with E-state index in [4.69, 9.17) is 0 Å². The van der Waals surface area contributed by atoms with E-state index in [1.807, 2.05) is 30.3 Å². The predicted molar refractivity (Wildman–Crippen MR) is 78.0 cm³/mol. The Balaban J connectivity index is 2.24. The van der Waals surface area contributed by atoms with Crippen molar-refractivity contribution in [1.82, 2.24) is 14.6 Å². The first-order valence-electron chi connectivity index (χ1n) is 6.19. The molecule has 0 amide bonds. The van der Waals surface area contributed by atoms with Gasteiger partial charge in [0.1, 0.15) is 5.82 Å². The molecule has 0 bridgehead atoms. The van der Waals surface area contributed by atoms with Gasteiger partial charge in [-0.05, 0) is 11.6 Å². The number of fused-ring (bicyclic) bond motifs is 1. The van der Waals surface area contributed by atoms with Crippen molar-refractivity contribution in [2.45, 2.75) is 0 Å². The van der Waals surface area contributed by atoms with Crippen LogP contribution in [0.4, 0.5) is 5.82 Å². The van der Waals surface area contributed by atoms with E-state index in [0.717, 1.165) is 15.8 Å². The first-order valence-corrected chi connectivity index (χ1v) is 6.19. The molecular formula is C14H14N4O2. The van der Waals surface area contributed by atoms with Crippen molar-refractivity contribution >= 4 is 17.6 Å². The summed E-state index contributed by atoms with van der Waals surface area (Å²) in [5, 5.41) is 0. The van der Waals surface area contributed by atoms with E-state index in [2.05, 4.69) is 10.9 Å². The van der Waals surface area contributed by atoms with Crippen LogP contribution >= 0.6 is 0 Å². The summed E-state index contributed by atoms with van der Waals surface area (Å²) in [6, 6.07) is 9.66. The van der Waals surface area contributed by atoms with E-state index in [1.54, 1.807) is 13.1 Å². The number of hydrogen-bond donors (Lipinski definition) is 2. The third kappa shape index (κ3) is 1.73. The lowest BCUT2D eigenvalue weighted by Gasteiger charge is -2.22. The number of rotatable bonds is 1. The minimum atomic E-state index is -0.361. The molecule has 6 heteroatoms. The number of hydrogen-bond acceptors (Lipinski definition) is 4. The van der Waals surface area contributed by atoms with Crippen LogP contribution < -0.4 is 22.1 Å². The highest BCUT2D eigenvalue weighted by molar-refractivity contribution is 5.86. The third-order valence-electron chi connectivity index (χ3n) is 3.39. The number of nitrogens with one attached hydrogen (secondary N) is 2. The molecule has 0 spiro atoms. The molecule has 1 aromatic heterocycles. The second kappa shape index (κ2) is 4.41. The van der Waals surface area contributed by atoms with Gasteiger partial charge in [-0.3, -0.25) is 24.8 Å². The number of hydrazine groups is 1. The van der Waals surface area contributed by atoms with Gasteiger partial charge in [-0.1, -0.05) is 30.3 Å². The highest BCUT2D eigenvalue weighted by atomic mass is 16.2. The number of nitrogens with zero attached hydrogens (tertiary/aromatic N) is 2. The standard InChI is InChI=1S/C14H14N4O2/c1-17-12-10(13(19)18(2)14(17)20)8-11(15-16-12)9-6-4-3-5-7-9/h3-8,15-16H,1-2H3. The largest absolute Gasteiger partial charge is 0.332 e. The normalized spacial score (nSPS) is 13.0. The zero-order valence-electron chi connectivity index (χ0n) is 11.2. The molecule has 1 aliphatic rings. The van der Waals surface area contributed by atoms with Gasteiger partial charge in [0, 0.05) is 14.1 Å². The Morgan fingerprint density at radius 3 is 2.35 bits per heavy atom. The van der Waals surface area contributed by atoms with Gasteiger partial charge in [-0.15, -0.1) is 0 Å². The zero-order chi connectivity index (χ0) is 14.3. The zero-order valence-corrected chi connectivity index (χ0v) is 11.2. The van der Waals surface area contributed by atoms with E-state index >= 15 is 0 Å². The Hall–Kier alpha value is -2.76. The average molecular weight is 270 g/mol. The Morgan fingerprint density at radius 2 is 1.65 bits per heavy atom. The molecule has 6 nitrogen and oxygen atoms in total. The maximum absolute atomic E-state index is 12.2. The van der Waals surface area contributed by atoms with Crippen LogP contribution in [0.15, 0.2) is 39.9 Å². The van der Waals surface area contributed by atoms with Gasteiger partial charge in [0.05, 0.1) is 11.3 Å². The molecule has 0 atom stereocenters. The second-order valence-electron chi connectivity index (χ2n) is 4.64. The monoisotopic (exact) mass is 270 g/mol. The Labute approximate surface area is 115 Å². The molecule has 0 radical (unpaired) electrons. The first-order chi connectivity index (χ1) is 9.59. The Kier molecular flexibility index (Phi) is 2.71. The summed E-state index contributed by atoms with van der Waals surface area (Å²) < 4.78 is 2.51. The first kappa shape index (κ1) is 12.3. The van der Waals surface area contributed by atoms with Gasteiger partial charge < -0.3 is 0 Å². The van der Waals surface area contributed by atoms with Crippen LogP contribution in [0.1, 0.15) is 11.1 Å². The minimum absolute atomic E-state index is 0.314. The topological polar surface area (TPSA) is 68.1 Å². The summed E-state index contributed by atoms with van der Waals surface area (Å²) >= 11 is 0. The van der Waals surface area contributed by atoms with Crippen molar-refractivity contribution in [3.05, 3.63) is 62.3 Å². The molecule has 0 aliphatic carbocycles. The van der Waals surface area contributed by atoms with Gasteiger partial charge in [-0.2, -0.15) is 0 Å². The molecular weight excluding hydrogens is 256 g/mol. The van der Waals surface area contributed by atoms with E-state index in [0.29, 0.717) is 11.4 Å². The SMILES string of the molecule is Cn1c2c(c(=O)n(C)c1=O)C=C(c1ccccc1)NN2. The predicted octanol–water partition coefficient (Wildman–Crippen LogP) is 0.512. The van der Waals surface area contributed by atoms with Crippen molar-refractivity contribution in [3.8, 4) is 0 Å². The highest BCUT2D eigenvalue weighted by Crippen LogP contribution is 2.21. The van der Waals surface area contributed by atoms with Gasteiger partial charge >= 0.3 is 5.69 Å². The van der Waals surface area contributed by atoms with Crippen LogP contribution in [-0.4, -0.2) is 9.13 Å². The van der Waals surface area contributed by atoms with Gasteiger partial charge in [0.2, 0.25) is 0 Å². The van der Waals surface area contributed by atoms with Crippen LogP contribution in [-0.2, 0) is 14.1 Å². The summed E-state index contributed by atoms with van der Waals surface area (Å²) in [4.78, 5) is 24.1. The van der Waals surface area contributed by atoms with Gasteiger partial charge in [-0.25, -0.2) is 4.79 Å². The van der Waals surface area contributed by atoms with Crippen molar-refractivity contribution in [1.29, 1.82) is 0 Å². The van der Waals surface area contributed by atoms with Crippen LogP contribution in [0, 0.1) is 0 Å². The van der Waals surface area contributed by atoms with Crippen molar-refractivity contribution in [2.24, 2.45) is 14.1 Å². The molecule has 0 saturated heterocycles. The van der Waals surface area contributed by atoms with Crippen molar-refractivity contribution < 1.29 is 0 Å². The molecule has 3 rings (SSSR count). The lowest BCUT2D eigenvalue weighted by molar-refractivity contribution is 0.682. The maximum atomic E-state index is 12.2. The lowest BCUT2D eigenvalue weighted by Crippen LogP contribution is -2.42. The van der Waals surface area contributed by atoms with E-state index < -0.39 is 0 Å². The van der Waals surface area contributed by atoms with E-state index in [-0.39, 0.29) is 11.2 Å². The molecule has 1 aromatic carbocycles. The van der Waals surface area contributed by atoms with Crippen LogP contribution in [0.3, 0.4) is 0 Å². The number of aromatic nitrogens is 2. The van der Waals surface area contributed by atoms with Crippen LogP contribution in [0.2, 0.25) is 0 Å². The van der Waals surface area contributed by atoms with Gasteiger partial charge in [0.25, 0.3) is 5.56 Å². The minimum Gasteiger partial charge on any atom is -0.299 e. The molecule has 2 heterocycles. The summed E-state index contributed by atoms with van der Waals surface area (Å²) in [5.74, 6) is 0.470. The Bertz CT molecular complexity index is 816. The smallest absolute Gasteiger partial charge is 0.299 e. The van der Waals surface area contributed by atoms with E-state index in [9.17, 15) is 9.59 Å². The summed E-state index contributed by atoms with van der Waals surface area (Å²) in [7, 11) is 3.10. The molecule has 0 unspecified atom stereocenters. The fraction of sp³-hybridized carbons (Fsp3) is 0.143. The van der Waals surface area contributed by atoms with Crippen molar-refractivity contribution in [3.63, 3.8) is 0 Å². The average Bonchev–Trinajstić information content (AvgIpc) is 2.51. The molecule has 20 heavy (non-hydrogen) atoms. The summed E-state index contributed by atoms with van der Waals surface area (Å²) in [6.07, 6.45) is 1.75. The van der Waals surface area contributed by atoms with Crippen LogP contribution in [0.5, 0.6) is 0 Å². The fourth-order valence-electron chi connectivity index (χ4n) is 2.23. The number of benzene rings is 1. The molecule has 2 aromatic rings. The highest BCUT2D eigenvalue weighted by Gasteiger charge is 2.18. The van der Waals surface area contributed by atoms with E-state index in [1.165, 1.54) is 11.6 Å². The maximum Gasteiger partial charge on any atom is 0.332 e. The quantitative estimate of drug-likeness (QED) is 0.792. The molecule has 0 saturated carbocycles. The molecule has 2 N–H and O–H groups in total. The Morgan fingerprint density at radius 1 is 0.950 bits per heavy atom. The van der Waals surface area contributed by atoms with Crippen LogP contribution in [0.25, 0.3) is 11.8 Å². The van der Waals surface area contributed by atoms with Gasteiger partial charge in [0.15, 0.2) is 0 Å². The molecule has 1 aliphatic heterocycles. The molecule has 0 fully saturated rings. The third-order valence-corrected chi connectivity index (χ3v) is 3.39. The lowest BCUT2D eigenvalue weighted by atomic mass is 10.1. The second-order valence-corrected chi connectivity index (χ2v) is 4.64. The summed E-state index contributed by atoms with van der Waals surface area (Å²) in [5.41, 5.74) is 7.46. The summed E-state index contributed by atoms with van der Waals surface area (Å²) in [6.45, 7) is 0. The number of anilines is 1.